The molecule has 1 aliphatic heterocycles. The summed E-state index contributed by atoms with van der Waals surface area (Å²) in [5, 5.41) is 9.11. The molecule has 2 aromatic carbocycles. The summed E-state index contributed by atoms with van der Waals surface area (Å²) in [6.07, 6.45) is 0.880. The zero-order chi connectivity index (χ0) is 19.7. The Morgan fingerprint density at radius 2 is 1.96 bits per heavy atom. The van der Waals surface area contributed by atoms with E-state index in [-0.39, 0.29) is 11.2 Å². The molecule has 6 nitrogen and oxygen atoms in total. The van der Waals surface area contributed by atoms with Crippen LogP contribution in [0.5, 0.6) is 0 Å². The number of aromatic nitrogens is 3. The molecule has 4 rings (SSSR count). The minimum absolute atomic E-state index is 0.0757. The van der Waals surface area contributed by atoms with Crippen LogP contribution in [0.1, 0.15) is 18.1 Å². The highest BCUT2D eigenvalue weighted by atomic mass is 35.5. The zero-order valence-electron chi connectivity index (χ0n) is 15.4. The van der Waals surface area contributed by atoms with Crippen molar-refractivity contribution in [3.8, 4) is 11.4 Å². The van der Waals surface area contributed by atoms with Gasteiger partial charge >= 0.3 is 0 Å². The number of hydrogen-bond donors (Lipinski definition) is 1. The average molecular weight is 414 g/mol. The van der Waals surface area contributed by atoms with E-state index in [9.17, 15) is 4.79 Å². The number of carbonyl (C=O) groups excluding carboxylic acids is 1. The Bertz CT molecular complexity index is 1020. The van der Waals surface area contributed by atoms with Crippen molar-refractivity contribution in [1.29, 1.82) is 0 Å². The number of fused-ring (bicyclic) bond motifs is 1. The lowest BCUT2D eigenvalue weighted by Crippen LogP contribution is -2.40. The van der Waals surface area contributed by atoms with Crippen LogP contribution in [0.25, 0.3) is 11.4 Å². The number of thioether (sulfide) groups is 1. The van der Waals surface area contributed by atoms with Crippen molar-refractivity contribution >= 4 is 29.3 Å². The van der Waals surface area contributed by atoms with Crippen molar-refractivity contribution in [2.75, 3.05) is 12.4 Å². The summed E-state index contributed by atoms with van der Waals surface area (Å²) in [6.45, 7) is 3.24. The first-order valence-electron chi connectivity index (χ1n) is 9.01. The van der Waals surface area contributed by atoms with E-state index in [2.05, 4.69) is 22.3 Å². The number of hydrogen-bond acceptors (Lipinski definition) is 5. The highest BCUT2D eigenvalue weighted by Gasteiger charge is 2.27. The van der Waals surface area contributed by atoms with Gasteiger partial charge in [0.05, 0.1) is 5.25 Å². The van der Waals surface area contributed by atoms with Crippen LogP contribution in [-0.2, 0) is 17.8 Å². The van der Waals surface area contributed by atoms with E-state index in [1.165, 1.54) is 27.6 Å². The third-order valence-corrected chi connectivity index (χ3v) is 6.10. The monoisotopic (exact) mass is 413 g/mol. The Labute approximate surface area is 172 Å². The number of rotatable bonds is 4. The molecule has 1 amide bonds. The number of nitrogen functional groups attached to an aromatic ring is 1. The van der Waals surface area contributed by atoms with E-state index < -0.39 is 0 Å². The molecule has 0 spiro atoms. The fourth-order valence-corrected chi connectivity index (χ4v) is 4.38. The number of halogens is 1. The summed E-state index contributed by atoms with van der Waals surface area (Å²) < 4.78 is 1.41. The molecule has 0 bridgehead atoms. The van der Waals surface area contributed by atoms with E-state index in [0.717, 1.165) is 18.5 Å². The van der Waals surface area contributed by atoms with Crippen molar-refractivity contribution in [2.24, 2.45) is 0 Å². The average Bonchev–Trinajstić information content (AvgIpc) is 3.07. The van der Waals surface area contributed by atoms with Crippen LogP contribution in [0.15, 0.2) is 53.7 Å². The van der Waals surface area contributed by atoms with Gasteiger partial charge in [-0.25, -0.2) is 4.68 Å². The number of amides is 1. The number of carbonyl (C=O) groups is 1. The second kappa shape index (κ2) is 7.85. The van der Waals surface area contributed by atoms with Crippen molar-refractivity contribution in [1.82, 2.24) is 19.8 Å². The van der Waals surface area contributed by atoms with Crippen LogP contribution in [0, 0.1) is 0 Å². The normalized spacial score (nSPS) is 14.6. The molecule has 0 unspecified atom stereocenters. The Morgan fingerprint density at radius 1 is 1.18 bits per heavy atom. The summed E-state index contributed by atoms with van der Waals surface area (Å²) in [5.41, 5.74) is 3.31. The second-order valence-corrected chi connectivity index (χ2v) is 8.47. The maximum Gasteiger partial charge on any atom is 0.236 e. The van der Waals surface area contributed by atoms with Gasteiger partial charge in [0.25, 0.3) is 0 Å². The maximum absolute atomic E-state index is 12.9. The summed E-state index contributed by atoms with van der Waals surface area (Å²) in [7, 11) is 0. The smallest absolute Gasteiger partial charge is 0.236 e. The van der Waals surface area contributed by atoms with Gasteiger partial charge in [0, 0.05) is 23.7 Å². The molecule has 2 heterocycles. The molecule has 0 fully saturated rings. The van der Waals surface area contributed by atoms with Crippen molar-refractivity contribution in [3.63, 3.8) is 0 Å². The molecule has 1 aromatic heterocycles. The molecule has 144 valence electrons. The Balaban J connectivity index is 1.47. The molecule has 1 atom stereocenters. The summed E-state index contributed by atoms with van der Waals surface area (Å²) >= 11 is 7.36. The highest BCUT2D eigenvalue weighted by Crippen LogP contribution is 2.28. The molecule has 1 aliphatic rings. The summed E-state index contributed by atoms with van der Waals surface area (Å²) in [5.74, 6) is 6.76. The molecule has 0 aliphatic carbocycles. The summed E-state index contributed by atoms with van der Waals surface area (Å²) in [4.78, 5) is 14.8. The van der Waals surface area contributed by atoms with E-state index >= 15 is 0 Å². The van der Waals surface area contributed by atoms with Crippen LogP contribution in [0.3, 0.4) is 0 Å². The van der Waals surface area contributed by atoms with E-state index in [1.807, 2.05) is 36.1 Å². The first kappa shape index (κ1) is 18.8. The minimum Gasteiger partial charge on any atom is -0.337 e. The minimum atomic E-state index is -0.316. The SMILES string of the molecule is C[C@@H](Sc1nnc(-c2cccc(Cl)c2)n1N)C(=O)N1CCc2ccccc2C1. The van der Waals surface area contributed by atoms with Gasteiger partial charge in [0.1, 0.15) is 0 Å². The first-order valence-corrected chi connectivity index (χ1v) is 10.3. The van der Waals surface area contributed by atoms with Crippen molar-refractivity contribution < 1.29 is 4.79 Å². The largest absolute Gasteiger partial charge is 0.337 e. The topological polar surface area (TPSA) is 77.0 Å². The van der Waals surface area contributed by atoms with Gasteiger partial charge in [0.15, 0.2) is 5.82 Å². The van der Waals surface area contributed by atoms with Crippen LogP contribution < -0.4 is 5.84 Å². The fourth-order valence-electron chi connectivity index (χ4n) is 3.33. The van der Waals surface area contributed by atoms with Gasteiger partial charge in [-0.2, -0.15) is 0 Å². The molecule has 28 heavy (non-hydrogen) atoms. The van der Waals surface area contributed by atoms with Crippen LogP contribution in [0.2, 0.25) is 5.02 Å². The molecule has 2 N–H and O–H groups in total. The molecular weight excluding hydrogens is 394 g/mol. The lowest BCUT2D eigenvalue weighted by Gasteiger charge is -2.30. The van der Waals surface area contributed by atoms with Crippen LogP contribution >= 0.6 is 23.4 Å². The van der Waals surface area contributed by atoms with Crippen molar-refractivity contribution in [3.05, 3.63) is 64.7 Å². The standard InChI is InChI=1S/C20H20ClN5OS/c1-13(19(27)25-10-9-14-5-2-3-6-16(14)12-25)28-20-24-23-18(26(20)22)15-7-4-8-17(21)11-15/h2-8,11,13H,9-10,12,22H2,1H3/t13-/m1/s1. The third-order valence-electron chi connectivity index (χ3n) is 4.82. The number of nitrogens with zero attached hydrogens (tertiary/aromatic N) is 4. The number of benzene rings is 2. The molecule has 0 saturated carbocycles. The van der Waals surface area contributed by atoms with Gasteiger partial charge in [-0.3, -0.25) is 4.79 Å². The molecule has 0 saturated heterocycles. The third kappa shape index (κ3) is 3.72. The fraction of sp³-hybridized carbons (Fsp3) is 0.250. The lowest BCUT2D eigenvalue weighted by atomic mass is 10.00. The Kier molecular flexibility index (Phi) is 5.28. The van der Waals surface area contributed by atoms with E-state index in [1.54, 1.807) is 12.1 Å². The Hall–Kier alpha value is -2.51. The van der Waals surface area contributed by atoms with Gasteiger partial charge in [-0.1, -0.05) is 59.8 Å². The first-order chi connectivity index (χ1) is 13.5. The molecule has 0 radical (unpaired) electrons. The second-order valence-electron chi connectivity index (χ2n) is 6.73. The van der Waals surface area contributed by atoms with Gasteiger partial charge in [-0.05, 0) is 36.6 Å². The Morgan fingerprint density at radius 3 is 2.75 bits per heavy atom. The van der Waals surface area contributed by atoms with E-state index in [0.29, 0.717) is 22.5 Å². The molecular formula is C20H20ClN5OS. The van der Waals surface area contributed by atoms with Crippen molar-refractivity contribution in [2.45, 2.75) is 30.3 Å². The summed E-state index contributed by atoms with van der Waals surface area (Å²) in [6, 6.07) is 15.5. The lowest BCUT2D eigenvalue weighted by molar-refractivity contribution is -0.131. The molecule has 3 aromatic rings. The van der Waals surface area contributed by atoms with Gasteiger partial charge < -0.3 is 10.7 Å². The van der Waals surface area contributed by atoms with Crippen LogP contribution in [-0.4, -0.2) is 37.5 Å². The predicted octanol–water partition coefficient (Wildman–Crippen LogP) is 3.38. The zero-order valence-corrected chi connectivity index (χ0v) is 17.0. The quantitative estimate of drug-likeness (QED) is 0.524. The predicted molar refractivity (Wildman–Crippen MR) is 112 cm³/mol. The maximum atomic E-state index is 12.9. The van der Waals surface area contributed by atoms with E-state index in [4.69, 9.17) is 17.4 Å². The number of nitrogens with two attached hydrogens (primary N) is 1. The highest BCUT2D eigenvalue weighted by molar-refractivity contribution is 8.00. The van der Waals surface area contributed by atoms with Gasteiger partial charge in [-0.15, -0.1) is 10.2 Å². The van der Waals surface area contributed by atoms with Crippen LogP contribution in [0.4, 0.5) is 0 Å². The molecule has 8 heteroatoms. The van der Waals surface area contributed by atoms with Gasteiger partial charge in [0.2, 0.25) is 11.1 Å².